The quantitative estimate of drug-likeness (QED) is 0.706. The van der Waals surface area contributed by atoms with Crippen molar-refractivity contribution < 1.29 is 14.8 Å². The van der Waals surface area contributed by atoms with Gasteiger partial charge in [0.15, 0.2) is 6.54 Å². The normalized spacial score (nSPS) is 15.5. The van der Waals surface area contributed by atoms with Crippen molar-refractivity contribution >= 4 is 11.6 Å². The van der Waals surface area contributed by atoms with Gasteiger partial charge in [-0.05, 0) is 23.6 Å². The van der Waals surface area contributed by atoms with Crippen LogP contribution in [0.5, 0.6) is 5.75 Å². The molecule has 1 saturated heterocycles. The smallest absolute Gasteiger partial charge is 0.277 e. The van der Waals surface area contributed by atoms with E-state index in [9.17, 15) is 4.79 Å². The highest BCUT2D eigenvalue weighted by Gasteiger charge is 2.26. The molecule has 2 aromatic carbocycles. The lowest BCUT2D eigenvalue weighted by Crippen LogP contribution is -2.88. The van der Waals surface area contributed by atoms with Crippen molar-refractivity contribution in [1.29, 1.82) is 0 Å². The van der Waals surface area contributed by atoms with E-state index in [-0.39, 0.29) is 5.91 Å². The number of hydrogen-bond donors (Lipinski definition) is 1. The Morgan fingerprint density at radius 3 is 2.13 bits per heavy atom. The van der Waals surface area contributed by atoms with E-state index in [0.29, 0.717) is 24.4 Å². The second kappa shape index (κ2) is 10.7. The van der Waals surface area contributed by atoms with Crippen molar-refractivity contribution in [2.24, 2.45) is 5.92 Å². The summed E-state index contributed by atoms with van der Waals surface area (Å²) in [5.74, 6) is 2.11. The summed E-state index contributed by atoms with van der Waals surface area (Å²) in [4.78, 5) is 17.2. The predicted molar refractivity (Wildman–Crippen MR) is 127 cm³/mol. The van der Waals surface area contributed by atoms with Crippen LogP contribution in [0.4, 0.5) is 5.69 Å². The highest BCUT2D eigenvalue weighted by atomic mass is 16.5. The van der Waals surface area contributed by atoms with Crippen molar-refractivity contribution in [3.63, 3.8) is 0 Å². The molecular weight excluding hydrogens is 386 g/mol. The second-order valence-corrected chi connectivity index (χ2v) is 9.07. The van der Waals surface area contributed by atoms with Crippen molar-refractivity contribution in [2.75, 3.05) is 44.7 Å². The monoisotopic (exact) mass is 424 g/mol. The molecule has 1 fully saturated rings. The van der Waals surface area contributed by atoms with E-state index in [1.165, 1.54) is 11.1 Å². The van der Waals surface area contributed by atoms with Crippen molar-refractivity contribution in [2.45, 2.75) is 39.7 Å². The van der Waals surface area contributed by atoms with E-state index < -0.39 is 0 Å². The van der Waals surface area contributed by atoms with Gasteiger partial charge in [0.1, 0.15) is 11.8 Å². The van der Waals surface area contributed by atoms with Gasteiger partial charge in [-0.15, -0.1) is 0 Å². The summed E-state index contributed by atoms with van der Waals surface area (Å²) >= 11 is 0. The van der Waals surface area contributed by atoms with Crippen LogP contribution in [0.3, 0.4) is 0 Å². The molecule has 2 aromatic rings. The Hall–Kier alpha value is -2.53. The van der Waals surface area contributed by atoms with Gasteiger partial charge in [0, 0.05) is 37.7 Å². The fourth-order valence-electron chi connectivity index (χ4n) is 4.34. The molecule has 2 N–H and O–H groups in total. The van der Waals surface area contributed by atoms with E-state index >= 15 is 0 Å². The largest absolute Gasteiger partial charge is 0.495 e. The summed E-state index contributed by atoms with van der Waals surface area (Å²) in [6.45, 7) is 12.5. The number of quaternary nitrogens is 1. The molecule has 0 aliphatic carbocycles. The van der Waals surface area contributed by atoms with E-state index in [1.54, 1.807) is 7.11 Å². The SMILES string of the molecule is COc1ccccc1N1CCN(C(=O)C[NH2+][C@H](c2ccc(C(C)C)cc2)C(C)C)CC1. The van der Waals surface area contributed by atoms with Crippen LogP contribution in [0.15, 0.2) is 48.5 Å². The molecule has 3 rings (SSSR count). The first-order chi connectivity index (χ1) is 14.9. The van der Waals surface area contributed by atoms with Gasteiger partial charge in [0.2, 0.25) is 0 Å². The molecule has 31 heavy (non-hydrogen) atoms. The van der Waals surface area contributed by atoms with E-state index in [4.69, 9.17) is 4.74 Å². The number of anilines is 1. The molecule has 5 heteroatoms. The molecule has 1 aliphatic heterocycles. The number of carbonyl (C=O) groups excluding carboxylic acids is 1. The van der Waals surface area contributed by atoms with Gasteiger partial charge in [-0.25, -0.2) is 0 Å². The van der Waals surface area contributed by atoms with Gasteiger partial charge in [-0.1, -0.05) is 64.1 Å². The number of nitrogens with two attached hydrogens (primary N) is 1. The van der Waals surface area contributed by atoms with E-state index in [2.05, 4.69) is 68.2 Å². The zero-order chi connectivity index (χ0) is 22.4. The van der Waals surface area contributed by atoms with Crippen LogP contribution >= 0.6 is 0 Å². The first-order valence-corrected chi connectivity index (χ1v) is 11.5. The fourth-order valence-corrected chi connectivity index (χ4v) is 4.34. The molecule has 1 atom stereocenters. The predicted octanol–water partition coefficient (Wildman–Crippen LogP) is 3.43. The molecule has 0 spiro atoms. The Labute approximate surface area is 187 Å². The third-order valence-corrected chi connectivity index (χ3v) is 6.31. The maximum absolute atomic E-state index is 12.9. The minimum Gasteiger partial charge on any atom is -0.495 e. The second-order valence-electron chi connectivity index (χ2n) is 9.07. The third kappa shape index (κ3) is 5.79. The average molecular weight is 425 g/mol. The molecule has 0 aromatic heterocycles. The number of rotatable bonds is 8. The molecule has 0 bridgehead atoms. The van der Waals surface area contributed by atoms with Gasteiger partial charge in [-0.3, -0.25) is 4.79 Å². The molecule has 0 radical (unpaired) electrons. The summed E-state index contributed by atoms with van der Waals surface area (Å²) in [7, 11) is 1.70. The van der Waals surface area contributed by atoms with E-state index in [0.717, 1.165) is 37.6 Å². The van der Waals surface area contributed by atoms with Crippen LogP contribution < -0.4 is 15.0 Å². The van der Waals surface area contributed by atoms with Gasteiger partial charge in [0.05, 0.1) is 12.8 Å². The van der Waals surface area contributed by atoms with Gasteiger partial charge < -0.3 is 19.9 Å². The van der Waals surface area contributed by atoms with Gasteiger partial charge in [0.25, 0.3) is 5.91 Å². The fraction of sp³-hybridized carbons (Fsp3) is 0.500. The molecule has 168 valence electrons. The van der Waals surface area contributed by atoms with Crippen molar-refractivity contribution in [1.82, 2.24) is 4.90 Å². The number of amides is 1. The van der Waals surface area contributed by atoms with Crippen LogP contribution in [0.2, 0.25) is 0 Å². The zero-order valence-corrected chi connectivity index (χ0v) is 19.7. The van der Waals surface area contributed by atoms with Crippen LogP contribution in [0.25, 0.3) is 0 Å². The van der Waals surface area contributed by atoms with Crippen LogP contribution in [-0.2, 0) is 4.79 Å². The summed E-state index contributed by atoms with van der Waals surface area (Å²) in [6, 6.07) is 17.3. The number of nitrogens with zero attached hydrogens (tertiary/aromatic N) is 2. The minimum absolute atomic E-state index is 0.226. The number of carbonyl (C=O) groups is 1. The van der Waals surface area contributed by atoms with Gasteiger partial charge >= 0.3 is 0 Å². The lowest BCUT2D eigenvalue weighted by atomic mass is 9.93. The number of methoxy groups -OCH3 is 1. The van der Waals surface area contributed by atoms with Crippen molar-refractivity contribution in [3.05, 3.63) is 59.7 Å². The molecule has 0 saturated carbocycles. The Morgan fingerprint density at radius 1 is 0.935 bits per heavy atom. The maximum Gasteiger partial charge on any atom is 0.277 e. The average Bonchev–Trinajstić information content (AvgIpc) is 2.79. The Kier molecular flexibility index (Phi) is 7.97. The molecular formula is C26H38N3O2+. The number of hydrogen-bond acceptors (Lipinski definition) is 3. The van der Waals surface area contributed by atoms with E-state index in [1.807, 2.05) is 23.1 Å². The first kappa shape index (κ1) is 23.1. The lowest BCUT2D eigenvalue weighted by Gasteiger charge is -2.36. The standard InChI is InChI=1S/C26H37N3O2/c1-19(2)21-10-12-22(13-11-21)26(20(3)4)27-18-25(30)29-16-14-28(15-17-29)23-8-6-7-9-24(23)31-5/h6-13,19-20,26-27H,14-18H2,1-5H3/p+1/t26-/m0/s1. The summed E-state index contributed by atoms with van der Waals surface area (Å²) in [6.07, 6.45) is 0. The number of benzene rings is 2. The molecule has 5 nitrogen and oxygen atoms in total. The number of piperazine rings is 1. The van der Waals surface area contributed by atoms with Crippen LogP contribution in [0, 0.1) is 5.92 Å². The minimum atomic E-state index is 0.226. The zero-order valence-electron chi connectivity index (χ0n) is 19.7. The summed E-state index contributed by atoms with van der Waals surface area (Å²) < 4.78 is 5.50. The van der Waals surface area contributed by atoms with Gasteiger partial charge in [-0.2, -0.15) is 0 Å². The highest BCUT2D eigenvalue weighted by molar-refractivity contribution is 5.77. The number of ether oxygens (including phenoxy) is 1. The molecule has 1 heterocycles. The Balaban J connectivity index is 1.55. The summed E-state index contributed by atoms with van der Waals surface area (Å²) in [5.41, 5.74) is 3.76. The lowest BCUT2D eigenvalue weighted by molar-refractivity contribution is -0.692. The topological polar surface area (TPSA) is 49.4 Å². The number of para-hydroxylation sites is 2. The highest BCUT2D eigenvalue weighted by Crippen LogP contribution is 2.28. The Morgan fingerprint density at radius 2 is 1.55 bits per heavy atom. The van der Waals surface area contributed by atoms with Crippen LogP contribution in [-0.4, -0.2) is 50.6 Å². The van der Waals surface area contributed by atoms with Crippen LogP contribution in [0.1, 0.15) is 50.8 Å². The molecule has 1 amide bonds. The molecule has 0 unspecified atom stereocenters. The molecule has 1 aliphatic rings. The Bertz CT molecular complexity index is 840. The third-order valence-electron chi connectivity index (χ3n) is 6.31. The first-order valence-electron chi connectivity index (χ1n) is 11.5. The summed E-state index contributed by atoms with van der Waals surface area (Å²) in [5, 5.41) is 2.21. The van der Waals surface area contributed by atoms with Crippen molar-refractivity contribution in [3.8, 4) is 5.75 Å². The maximum atomic E-state index is 12.9.